The number of carbonyl (C=O) groups is 1. The van der Waals surface area contributed by atoms with Crippen molar-refractivity contribution in [1.29, 1.82) is 0 Å². The molecule has 1 aromatic heterocycles. The molecule has 1 aromatic rings. The number of aromatic nitrogens is 2. The summed E-state index contributed by atoms with van der Waals surface area (Å²) in [5.74, 6) is 1.29. The van der Waals surface area contributed by atoms with Gasteiger partial charge in [-0.15, -0.1) is 0 Å². The highest BCUT2D eigenvalue weighted by atomic mass is 16.2. The lowest BCUT2D eigenvalue weighted by molar-refractivity contribution is -0.121. The van der Waals surface area contributed by atoms with Crippen molar-refractivity contribution in [3.63, 3.8) is 0 Å². The first kappa shape index (κ1) is 12.2. The number of nitrogens with one attached hydrogen (secondary N) is 3. The van der Waals surface area contributed by atoms with Gasteiger partial charge in [0.15, 0.2) is 0 Å². The van der Waals surface area contributed by atoms with Crippen LogP contribution in [0, 0.1) is 0 Å². The van der Waals surface area contributed by atoms with Gasteiger partial charge in [-0.05, 0) is 13.8 Å². The van der Waals surface area contributed by atoms with Crippen LogP contribution in [0.25, 0.3) is 0 Å². The average Bonchev–Trinajstić information content (AvgIpc) is 2.29. The highest BCUT2D eigenvalue weighted by Crippen LogP contribution is 2.09. The van der Waals surface area contributed by atoms with E-state index in [9.17, 15) is 4.79 Å². The van der Waals surface area contributed by atoms with Gasteiger partial charge in [-0.25, -0.2) is 9.97 Å². The molecule has 0 aromatic carbocycles. The molecule has 3 N–H and O–H groups in total. The molecular weight excluding hydrogens is 206 g/mol. The van der Waals surface area contributed by atoms with Gasteiger partial charge in [-0.3, -0.25) is 4.79 Å². The Bertz CT molecular complexity index is 355. The smallest absolute Gasteiger partial charge is 0.241 e. The lowest BCUT2D eigenvalue weighted by Crippen LogP contribution is -2.35. The Balaban J connectivity index is 2.66. The predicted molar refractivity (Wildman–Crippen MR) is 63.3 cm³/mol. The lowest BCUT2D eigenvalue weighted by Gasteiger charge is -2.13. The summed E-state index contributed by atoms with van der Waals surface area (Å²) in [5, 5.41) is 8.63. The summed E-state index contributed by atoms with van der Waals surface area (Å²) in [7, 11) is 1.60. The molecule has 6 nitrogen and oxygen atoms in total. The molecule has 1 heterocycles. The molecule has 0 radical (unpaired) electrons. The van der Waals surface area contributed by atoms with Gasteiger partial charge in [-0.2, -0.15) is 0 Å². The summed E-state index contributed by atoms with van der Waals surface area (Å²) in [6.07, 6.45) is 1.46. The number of amides is 1. The zero-order valence-corrected chi connectivity index (χ0v) is 9.74. The maximum Gasteiger partial charge on any atom is 0.241 e. The third-order valence-electron chi connectivity index (χ3n) is 2.03. The highest BCUT2D eigenvalue weighted by Gasteiger charge is 2.10. The van der Waals surface area contributed by atoms with Crippen molar-refractivity contribution >= 4 is 17.5 Å². The Morgan fingerprint density at radius 3 is 2.75 bits per heavy atom. The summed E-state index contributed by atoms with van der Waals surface area (Å²) >= 11 is 0. The number of likely N-dealkylation sites (N-methyl/N-ethyl adjacent to an activating group) is 1. The average molecular weight is 223 g/mol. The molecule has 1 amide bonds. The second kappa shape index (κ2) is 5.89. The van der Waals surface area contributed by atoms with Crippen LogP contribution in [0.2, 0.25) is 0 Å². The Morgan fingerprint density at radius 2 is 2.12 bits per heavy atom. The van der Waals surface area contributed by atoms with Gasteiger partial charge < -0.3 is 16.0 Å². The van der Waals surface area contributed by atoms with Gasteiger partial charge >= 0.3 is 0 Å². The summed E-state index contributed by atoms with van der Waals surface area (Å²) in [6, 6.07) is 1.44. The van der Waals surface area contributed by atoms with E-state index in [1.807, 2.05) is 6.92 Å². The number of rotatable bonds is 5. The van der Waals surface area contributed by atoms with E-state index < -0.39 is 0 Å². The SMILES string of the molecule is CCNc1cc(NC(C)C(=O)NC)ncn1. The molecular formula is C10H17N5O. The first-order chi connectivity index (χ1) is 7.67. The van der Waals surface area contributed by atoms with E-state index in [-0.39, 0.29) is 11.9 Å². The zero-order valence-electron chi connectivity index (χ0n) is 9.74. The minimum absolute atomic E-state index is 0.0800. The molecule has 0 saturated heterocycles. The minimum atomic E-state index is -0.325. The van der Waals surface area contributed by atoms with Crippen molar-refractivity contribution in [2.75, 3.05) is 24.2 Å². The van der Waals surface area contributed by atoms with Gasteiger partial charge in [0.25, 0.3) is 0 Å². The van der Waals surface area contributed by atoms with Crippen LogP contribution in [0.3, 0.4) is 0 Å². The molecule has 6 heteroatoms. The fourth-order valence-corrected chi connectivity index (χ4v) is 1.22. The predicted octanol–water partition coefficient (Wildman–Crippen LogP) is 0.455. The van der Waals surface area contributed by atoms with Crippen molar-refractivity contribution in [2.24, 2.45) is 0 Å². The summed E-state index contributed by atoms with van der Waals surface area (Å²) < 4.78 is 0. The standard InChI is InChI=1S/C10H17N5O/c1-4-12-8-5-9(14-6-13-8)15-7(2)10(16)11-3/h5-7H,4H2,1-3H3,(H,11,16)(H2,12,13,14,15). The molecule has 0 aliphatic rings. The molecule has 88 valence electrons. The van der Waals surface area contributed by atoms with E-state index in [4.69, 9.17) is 0 Å². The minimum Gasteiger partial charge on any atom is -0.370 e. The molecule has 0 bridgehead atoms. The van der Waals surface area contributed by atoms with Gasteiger partial charge in [0.1, 0.15) is 24.0 Å². The number of anilines is 2. The fourth-order valence-electron chi connectivity index (χ4n) is 1.22. The van der Waals surface area contributed by atoms with E-state index in [0.29, 0.717) is 5.82 Å². The Hall–Kier alpha value is -1.85. The van der Waals surface area contributed by atoms with Crippen molar-refractivity contribution in [3.8, 4) is 0 Å². The maximum absolute atomic E-state index is 11.3. The van der Waals surface area contributed by atoms with Crippen LogP contribution < -0.4 is 16.0 Å². The Labute approximate surface area is 94.9 Å². The van der Waals surface area contributed by atoms with E-state index in [0.717, 1.165) is 12.4 Å². The van der Waals surface area contributed by atoms with Crippen LogP contribution >= 0.6 is 0 Å². The lowest BCUT2D eigenvalue weighted by atomic mass is 10.3. The number of nitrogens with zero attached hydrogens (tertiary/aromatic N) is 2. The fraction of sp³-hybridized carbons (Fsp3) is 0.500. The number of hydrogen-bond donors (Lipinski definition) is 3. The molecule has 0 saturated carbocycles. The van der Waals surface area contributed by atoms with Crippen molar-refractivity contribution in [1.82, 2.24) is 15.3 Å². The molecule has 0 fully saturated rings. The van der Waals surface area contributed by atoms with Crippen LogP contribution in [0.15, 0.2) is 12.4 Å². The van der Waals surface area contributed by atoms with Crippen LogP contribution in [-0.2, 0) is 4.79 Å². The van der Waals surface area contributed by atoms with Crippen LogP contribution in [0.1, 0.15) is 13.8 Å². The number of hydrogen-bond acceptors (Lipinski definition) is 5. The molecule has 1 rings (SSSR count). The first-order valence-electron chi connectivity index (χ1n) is 5.21. The van der Waals surface area contributed by atoms with Crippen LogP contribution in [0.5, 0.6) is 0 Å². The summed E-state index contributed by atoms with van der Waals surface area (Å²) in [5.41, 5.74) is 0. The van der Waals surface area contributed by atoms with E-state index in [1.165, 1.54) is 6.33 Å². The maximum atomic E-state index is 11.3. The summed E-state index contributed by atoms with van der Waals surface area (Å²) in [4.78, 5) is 19.4. The van der Waals surface area contributed by atoms with E-state index in [2.05, 4.69) is 25.9 Å². The quantitative estimate of drug-likeness (QED) is 0.675. The van der Waals surface area contributed by atoms with Crippen molar-refractivity contribution in [3.05, 3.63) is 12.4 Å². The third-order valence-corrected chi connectivity index (χ3v) is 2.03. The largest absolute Gasteiger partial charge is 0.370 e. The van der Waals surface area contributed by atoms with Crippen molar-refractivity contribution < 1.29 is 4.79 Å². The monoisotopic (exact) mass is 223 g/mol. The highest BCUT2D eigenvalue weighted by molar-refractivity contribution is 5.83. The van der Waals surface area contributed by atoms with Crippen LogP contribution in [0.4, 0.5) is 11.6 Å². The molecule has 16 heavy (non-hydrogen) atoms. The molecule has 0 aliphatic carbocycles. The molecule has 1 unspecified atom stereocenters. The van der Waals surface area contributed by atoms with E-state index in [1.54, 1.807) is 20.0 Å². The zero-order chi connectivity index (χ0) is 12.0. The van der Waals surface area contributed by atoms with Crippen molar-refractivity contribution in [2.45, 2.75) is 19.9 Å². The normalized spacial score (nSPS) is 11.7. The second-order valence-electron chi connectivity index (χ2n) is 3.30. The van der Waals surface area contributed by atoms with Gasteiger partial charge in [0, 0.05) is 19.7 Å². The third kappa shape index (κ3) is 3.38. The Morgan fingerprint density at radius 1 is 1.44 bits per heavy atom. The van der Waals surface area contributed by atoms with E-state index >= 15 is 0 Å². The molecule has 1 atom stereocenters. The van der Waals surface area contributed by atoms with Gasteiger partial charge in [0.2, 0.25) is 5.91 Å². The Kier molecular flexibility index (Phi) is 4.50. The van der Waals surface area contributed by atoms with Gasteiger partial charge in [0.05, 0.1) is 0 Å². The molecule has 0 aliphatic heterocycles. The van der Waals surface area contributed by atoms with Gasteiger partial charge in [-0.1, -0.05) is 0 Å². The van der Waals surface area contributed by atoms with Crippen LogP contribution in [-0.4, -0.2) is 35.5 Å². The topological polar surface area (TPSA) is 78.9 Å². The molecule has 0 spiro atoms. The number of carbonyl (C=O) groups excluding carboxylic acids is 1. The second-order valence-corrected chi connectivity index (χ2v) is 3.30. The first-order valence-corrected chi connectivity index (χ1v) is 5.21. The summed E-state index contributed by atoms with van der Waals surface area (Å²) in [6.45, 7) is 4.55.